The SMILES string of the molecule is Cc1noc(NS(=O)(=O)c2ccc(NC(=O)c3ccc4c(c3)CC(=O)N4)cc2)c1C. The van der Waals surface area contributed by atoms with E-state index in [1.807, 2.05) is 0 Å². The molecule has 154 valence electrons. The molecule has 0 unspecified atom stereocenters. The molecule has 10 heteroatoms. The lowest BCUT2D eigenvalue weighted by atomic mass is 10.1. The van der Waals surface area contributed by atoms with E-state index in [0.717, 1.165) is 5.56 Å². The number of benzene rings is 2. The van der Waals surface area contributed by atoms with Crippen LogP contribution in [0.3, 0.4) is 0 Å². The minimum absolute atomic E-state index is 0.0102. The lowest BCUT2D eigenvalue weighted by Gasteiger charge is -2.09. The maximum atomic E-state index is 12.5. The van der Waals surface area contributed by atoms with Crippen molar-refractivity contribution >= 4 is 39.1 Å². The van der Waals surface area contributed by atoms with Crippen LogP contribution in [0.1, 0.15) is 27.2 Å². The molecule has 9 nitrogen and oxygen atoms in total. The van der Waals surface area contributed by atoms with E-state index in [0.29, 0.717) is 28.2 Å². The predicted octanol–water partition coefficient (Wildman–Crippen LogP) is 2.84. The number of carbonyl (C=O) groups is 2. The molecule has 30 heavy (non-hydrogen) atoms. The number of nitrogens with one attached hydrogen (secondary N) is 3. The third kappa shape index (κ3) is 3.77. The van der Waals surface area contributed by atoms with E-state index in [2.05, 4.69) is 20.5 Å². The first kappa shape index (κ1) is 19.6. The van der Waals surface area contributed by atoms with Crippen LogP contribution in [0, 0.1) is 13.8 Å². The molecule has 2 heterocycles. The van der Waals surface area contributed by atoms with E-state index < -0.39 is 10.0 Å². The van der Waals surface area contributed by atoms with Gasteiger partial charge in [-0.05, 0) is 61.9 Å². The Morgan fingerprint density at radius 3 is 2.53 bits per heavy atom. The number of nitrogens with zero attached hydrogens (tertiary/aromatic N) is 1. The molecule has 2 amide bonds. The highest BCUT2D eigenvalue weighted by molar-refractivity contribution is 7.92. The summed E-state index contributed by atoms with van der Waals surface area (Å²) in [6.45, 7) is 3.41. The van der Waals surface area contributed by atoms with E-state index in [1.165, 1.54) is 24.3 Å². The highest BCUT2D eigenvalue weighted by atomic mass is 32.2. The smallest absolute Gasteiger partial charge is 0.264 e. The number of anilines is 3. The zero-order chi connectivity index (χ0) is 21.5. The van der Waals surface area contributed by atoms with E-state index in [4.69, 9.17) is 4.52 Å². The van der Waals surface area contributed by atoms with Crippen molar-refractivity contribution in [2.45, 2.75) is 25.2 Å². The number of amides is 2. The molecule has 0 atom stereocenters. The van der Waals surface area contributed by atoms with Gasteiger partial charge in [0.1, 0.15) is 0 Å². The second-order valence-corrected chi connectivity index (χ2v) is 8.59. The summed E-state index contributed by atoms with van der Waals surface area (Å²) in [5.41, 5.74) is 3.50. The summed E-state index contributed by atoms with van der Waals surface area (Å²) in [7, 11) is -3.87. The van der Waals surface area contributed by atoms with Crippen LogP contribution in [0.25, 0.3) is 0 Å². The molecular weight excluding hydrogens is 408 g/mol. The Bertz CT molecular complexity index is 1260. The fourth-order valence-electron chi connectivity index (χ4n) is 2.98. The van der Waals surface area contributed by atoms with Gasteiger partial charge in [0.15, 0.2) is 0 Å². The van der Waals surface area contributed by atoms with Crippen LogP contribution in [-0.2, 0) is 21.2 Å². The Morgan fingerprint density at radius 1 is 1.13 bits per heavy atom. The molecule has 4 rings (SSSR count). The van der Waals surface area contributed by atoms with Gasteiger partial charge in [-0.2, -0.15) is 0 Å². The first-order valence-electron chi connectivity index (χ1n) is 9.03. The van der Waals surface area contributed by atoms with Crippen LogP contribution in [0.2, 0.25) is 0 Å². The topological polar surface area (TPSA) is 130 Å². The Morgan fingerprint density at radius 2 is 1.87 bits per heavy atom. The number of carbonyl (C=O) groups excluding carboxylic acids is 2. The first-order chi connectivity index (χ1) is 14.2. The van der Waals surface area contributed by atoms with Gasteiger partial charge in [-0.3, -0.25) is 9.59 Å². The Balaban J connectivity index is 1.47. The summed E-state index contributed by atoms with van der Waals surface area (Å²) in [5.74, 6) is -0.406. The third-order valence-electron chi connectivity index (χ3n) is 4.80. The number of rotatable bonds is 5. The van der Waals surface area contributed by atoms with Crippen LogP contribution in [0.4, 0.5) is 17.3 Å². The molecule has 1 aliphatic rings. The van der Waals surface area contributed by atoms with Crippen LogP contribution in [0.15, 0.2) is 51.9 Å². The monoisotopic (exact) mass is 426 g/mol. The van der Waals surface area contributed by atoms with Crippen molar-refractivity contribution in [1.29, 1.82) is 0 Å². The molecule has 0 saturated carbocycles. The Labute approximate surface area is 172 Å². The lowest BCUT2D eigenvalue weighted by Crippen LogP contribution is -2.14. The molecule has 3 N–H and O–H groups in total. The van der Waals surface area contributed by atoms with E-state index in [1.54, 1.807) is 32.0 Å². The molecule has 1 aromatic heterocycles. The number of hydrogen-bond donors (Lipinski definition) is 3. The summed E-state index contributed by atoms with van der Waals surface area (Å²) < 4.78 is 32.4. The maximum absolute atomic E-state index is 12.5. The molecular formula is C20H18N4O5S. The van der Waals surface area contributed by atoms with Crippen molar-refractivity contribution in [1.82, 2.24) is 5.16 Å². The second-order valence-electron chi connectivity index (χ2n) is 6.90. The minimum atomic E-state index is -3.87. The van der Waals surface area contributed by atoms with Gasteiger partial charge in [-0.15, -0.1) is 0 Å². The van der Waals surface area contributed by atoms with Crippen molar-refractivity contribution in [3.8, 4) is 0 Å². The summed E-state index contributed by atoms with van der Waals surface area (Å²) in [6.07, 6.45) is 0.236. The zero-order valence-corrected chi connectivity index (χ0v) is 17.0. The molecule has 3 aromatic rings. The van der Waals surface area contributed by atoms with Crippen molar-refractivity contribution in [3.05, 3.63) is 64.8 Å². The van der Waals surface area contributed by atoms with E-state index in [9.17, 15) is 18.0 Å². The molecule has 0 bridgehead atoms. The van der Waals surface area contributed by atoms with Gasteiger partial charge in [0.25, 0.3) is 15.9 Å². The second kappa shape index (κ2) is 7.30. The van der Waals surface area contributed by atoms with Gasteiger partial charge in [0.2, 0.25) is 11.8 Å². The molecule has 0 spiro atoms. The Kier molecular flexibility index (Phi) is 4.78. The summed E-state index contributed by atoms with van der Waals surface area (Å²) >= 11 is 0. The average Bonchev–Trinajstić information content (AvgIpc) is 3.23. The summed E-state index contributed by atoms with van der Waals surface area (Å²) in [4.78, 5) is 23.9. The standard InChI is InChI=1S/C20H18N4O5S/c1-11-12(2)23-29-20(11)24-30(27,28)16-6-4-15(5-7-16)21-19(26)13-3-8-17-14(9-13)10-18(25)22-17/h3-9,24H,10H2,1-2H3,(H,21,26)(H,22,25). The van der Waals surface area contributed by atoms with Gasteiger partial charge in [-0.25, -0.2) is 13.1 Å². The van der Waals surface area contributed by atoms with Gasteiger partial charge < -0.3 is 15.2 Å². The largest absolute Gasteiger partial charge is 0.337 e. The molecule has 0 saturated heterocycles. The number of sulfonamides is 1. The van der Waals surface area contributed by atoms with Crippen molar-refractivity contribution < 1.29 is 22.5 Å². The molecule has 0 fully saturated rings. The molecule has 1 aliphatic heterocycles. The van der Waals surface area contributed by atoms with Crippen LogP contribution >= 0.6 is 0 Å². The number of hydrogen-bond acceptors (Lipinski definition) is 6. The van der Waals surface area contributed by atoms with Gasteiger partial charge in [-0.1, -0.05) is 5.16 Å². The van der Waals surface area contributed by atoms with Gasteiger partial charge in [0, 0.05) is 22.5 Å². The highest BCUT2D eigenvalue weighted by Crippen LogP contribution is 2.25. The fraction of sp³-hybridized carbons (Fsp3) is 0.150. The van der Waals surface area contributed by atoms with Crippen LogP contribution < -0.4 is 15.4 Å². The van der Waals surface area contributed by atoms with Gasteiger partial charge in [0.05, 0.1) is 17.0 Å². The van der Waals surface area contributed by atoms with Crippen molar-refractivity contribution in [2.75, 3.05) is 15.4 Å². The van der Waals surface area contributed by atoms with Crippen molar-refractivity contribution in [3.63, 3.8) is 0 Å². The maximum Gasteiger partial charge on any atom is 0.264 e. The average molecular weight is 426 g/mol. The Hall–Kier alpha value is -3.66. The highest BCUT2D eigenvalue weighted by Gasteiger charge is 2.21. The van der Waals surface area contributed by atoms with E-state index >= 15 is 0 Å². The molecule has 0 radical (unpaired) electrons. The quantitative estimate of drug-likeness (QED) is 0.575. The summed E-state index contributed by atoms with van der Waals surface area (Å²) in [5, 5.41) is 9.15. The lowest BCUT2D eigenvalue weighted by molar-refractivity contribution is -0.115. The zero-order valence-electron chi connectivity index (χ0n) is 16.1. The van der Waals surface area contributed by atoms with Gasteiger partial charge >= 0.3 is 0 Å². The van der Waals surface area contributed by atoms with Crippen LogP contribution in [0.5, 0.6) is 0 Å². The first-order valence-corrected chi connectivity index (χ1v) is 10.5. The normalized spacial score (nSPS) is 12.9. The van der Waals surface area contributed by atoms with E-state index in [-0.39, 0.29) is 29.0 Å². The third-order valence-corrected chi connectivity index (χ3v) is 6.15. The van der Waals surface area contributed by atoms with Crippen LogP contribution in [-0.4, -0.2) is 25.4 Å². The predicted molar refractivity (Wildman–Crippen MR) is 110 cm³/mol. The fourth-order valence-corrected chi connectivity index (χ4v) is 4.03. The molecule has 2 aromatic carbocycles. The summed E-state index contributed by atoms with van der Waals surface area (Å²) in [6, 6.07) is 10.7. The van der Waals surface area contributed by atoms with Crippen molar-refractivity contribution in [2.24, 2.45) is 0 Å². The minimum Gasteiger partial charge on any atom is -0.337 e. The number of aromatic nitrogens is 1. The number of fused-ring (bicyclic) bond motifs is 1. The molecule has 0 aliphatic carbocycles. The number of aryl methyl sites for hydroxylation is 1.